The summed E-state index contributed by atoms with van der Waals surface area (Å²) in [5, 5.41) is 9.68. The molecule has 0 atom stereocenters. The molecule has 1 heterocycles. The van der Waals surface area contributed by atoms with Gasteiger partial charge >= 0.3 is 5.97 Å². The topological polar surface area (TPSA) is 42.2 Å². The molecule has 0 fully saturated rings. The number of hydrogen-bond acceptors (Lipinski definition) is 1. The van der Waals surface area contributed by atoms with Gasteiger partial charge in [-0.05, 0) is 36.4 Å². The number of aromatic nitrogens is 1. The van der Waals surface area contributed by atoms with Crippen molar-refractivity contribution in [3.05, 3.63) is 58.3 Å². The van der Waals surface area contributed by atoms with Gasteiger partial charge in [0.2, 0.25) is 0 Å². The summed E-state index contributed by atoms with van der Waals surface area (Å²) in [5.74, 6) is -0.994. The van der Waals surface area contributed by atoms with Gasteiger partial charge in [-0.2, -0.15) is 0 Å². The number of carboxylic acids is 1. The molecule has 0 saturated carbocycles. The van der Waals surface area contributed by atoms with E-state index >= 15 is 0 Å². The van der Waals surface area contributed by atoms with Crippen LogP contribution in [-0.2, 0) is 4.79 Å². The lowest BCUT2D eigenvalue weighted by Gasteiger charge is -2.07. The summed E-state index contributed by atoms with van der Waals surface area (Å²) < 4.78 is 1.80. The second kappa shape index (κ2) is 5.29. The maximum absolute atomic E-state index is 10.5. The molecule has 1 aromatic heterocycles. The van der Waals surface area contributed by atoms with Crippen molar-refractivity contribution in [1.82, 2.24) is 4.57 Å². The van der Waals surface area contributed by atoms with E-state index in [0.717, 1.165) is 17.5 Å². The van der Waals surface area contributed by atoms with E-state index in [1.54, 1.807) is 28.8 Å². The molecule has 2 rings (SSSR count). The van der Waals surface area contributed by atoms with Gasteiger partial charge in [-0.3, -0.25) is 0 Å². The molecular weight excluding hydrogens is 273 g/mol. The van der Waals surface area contributed by atoms with E-state index in [0.29, 0.717) is 10.0 Å². The van der Waals surface area contributed by atoms with Gasteiger partial charge in [0.05, 0.1) is 0 Å². The average molecular weight is 282 g/mol. The van der Waals surface area contributed by atoms with Crippen LogP contribution in [-0.4, -0.2) is 15.6 Å². The lowest BCUT2D eigenvalue weighted by atomic mass is 10.3. The minimum atomic E-state index is -0.994. The fourth-order valence-corrected chi connectivity index (χ4v) is 2.11. The van der Waals surface area contributed by atoms with Crippen LogP contribution in [0.25, 0.3) is 11.8 Å². The number of carbonyl (C=O) groups is 1. The molecular formula is C13H9Cl2NO2. The quantitative estimate of drug-likeness (QED) is 0.868. The minimum absolute atomic E-state index is 0.527. The molecule has 1 N–H and O–H groups in total. The van der Waals surface area contributed by atoms with Gasteiger partial charge in [-0.25, -0.2) is 4.79 Å². The third-order valence-electron chi connectivity index (χ3n) is 2.30. The Kier molecular flexibility index (Phi) is 3.75. The SMILES string of the molecule is O=C(O)/C=C/c1cccn1-c1cc(Cl)cc(Cl)c1. The molecule has 18 heavy (non-hydrogen) atoms. The first-order valence-electron chi connectivity index (χ1n) is 5.11. The van der Waals surface area contributed by atoms with Crippen LogP contribution < -0.4 is 0 Å². The van der Waals surface area contributed by atoms with Gasteiger partial charge in [0.15, 0.2) is 0 Å². The van der Waals surface area contributed by atoms with Crippen LogP contribution in [0.4, 0.5) is 0 Å². The minimum Gasteiger partial charge on any atom is -0.478 e. The Morgan fingerprint density at radius 3 is 2.50 bits per heavy atom. The molecule has 0 aliphatic rings. The van der Waals surface area contributed by atoms with E-state index in [4.69, 9.17) is 28.3 Å². The van der Waals surface area contributed by atoms with Crippen molar-refractivity contribution in [3.63, 3.8) is 0 Å². The fourth-order valence-electron chi connectivity index (χ4n) is 1.60. The molecule has 0 bridgehead atoms. The lowest BCUT2D eigenvalue weighted by molar-refractivity contribution is -0.131. The molecule has 0 spiro atoms. The Bertz CT molecular complexity index is 597. The van der Waals surface area contributed by atoms with Crippen molar-refractivity contribution >= 4 is 35.2 Å². The normalized spacial score (nSPS) is 11.0. The highest BCUT2D eigenvalue weighted by Crippen LogP contribution is 2.23. The van der Waals surface area contributed by atoms with E-state index in [1.165, 1.54) is 6.08 Å². The van der Waals surface area contributed by atoms with E-state index in [2.05, 4.69) is 0 Å². The third kappa shape index (κ3) is 2.94. The second-order valence-electron chi connectivity index (χ2n) is 3.60. The highest BCUT2D eigenvalue weighted by atomic mass is 35.5. The van der Waals surface area contributed by atoms with Crippen LogP contribution >= 0.6 is 23.2 Å². The summed E-state index contributed by atoms with van der Waals surface area (Å²) >= 11 is 11.9. The van der Waals surface area contributed by atoms with Gasteiger partial charge in [0.25, 0.3) is 0 Å². The molecule has 5 heteroatoms. The largest absolute Gasteiger partial charge is 0.478 e. The molecule has 0 aliphatic carbocycles. The van der Waals surface area contributed by atoms with Gasteiger partial charge in [0, 0.05) is 33.7 Å². The van der Waals surface area contributed by atoms with E-state index in [-0.39, 0.29) is 0 Å². The van der Waals surface area contributed by atoms with E-state index in [9.17, 15) is 4.79 Å². The average Bonchev–Trinajstić information content (AvgIpc) is 2.72. The van der Waals surface area contributed by atoms with Crippen molar-refractivity contribution in [1.29, 1.82) is 0 Å². The van der Waals surface area contributed by atoms with Gasteiger partial charge in [-0.1, -0.05) is 23.2 Å². The summed E-state index contributed by atoms with van der Waals surface area (Å²) in [6, 6.07) is 8.77. The Morgan fingerprint density at radius 2 is 1.89 bits per heavy atom. The Balaban J connectivity index is 2.45. The zero-order valence-electron chi connectivity index (χ0n) is 9.18. The molecule has 1 aromatic carbocycles. The molecule has 0 saturated heterocycles. The number of aliphatic carboxylic acids is 1. The standard InChI is InChI=1S/C13H9Cl2NO2/c14-9-6-10(15)8-12(7-9)16-5-1-2-11(16)3-4-13(17)18/h1-8H,(H,17,18)/b4-3+. The lowest BCUT2D eigenvalue weighted by Crippen LogP contribution is -1.95. The van der Waals surface area contributed by atoms with Gasteiger partial charge in [-0.15, -0.1) is 0 Å². The predicted octanol–water partition coefficient (Wildman–Crippen LogP) is 3.88. The van der Waals surface area contributed by atoms with Crippen molar-refractivity contribution in [2.75, 3.05) is 0 Å². The monoisotopic (exact) mass is 281 g/mol. The van der Waals surface area contributed by atoms with Crippen LogP contribution in [0.1, 0.15) is 5.69 Å². The van der Waals surface area contributed by atoms with Crippen LogP contribution in [0.5, 0.6) is 0 Å². The Labute approximate surface area is 114 Å². The number of hydrogen-bond donors (Lipinski definition) is 1. The summed E-state index contributed by atoms with van der Waals surface area (Å²) in [7, 11) is 0. The predicted molar refractivity (Wildman–Crippen MR) is 72.5 cm³/mol. The Morgan fingerprint density at radius 1 is 1.22 bits per heavy atom. The summed E-state index contributed by atoms with van der Waals surface area (Å²) in [4.78, 5) is 10.5. The van der Waals surface area contributed by atoms with Crippen molar-refractivity contribution < 1.29 is 9.90 Å². The highest BCUT2D eigenvalue weighted by molar-refractivity contribution is 6.34. The van der Waals surface area contributed by atoms with Crippen LogP contribution in [0.15, 0.2) is 42.6 Å². The van der Waals surface area contributed by atoms with Gasteiger partial charge < -0.3 is 9.67 Å². The third-order valence-corrected chi connectivity index (χ3v) is 2.74. The number of halogens is 2. The Hall–Kier alpha value is -1.71. The maximum atomic E-state index is 10.5. The number of carboxylic acid groups (broad SMARTS) is 1. The van der Waals surface area contributed by atoms with E-state index in [1.807, 2.05) is 12.3 Å². The smallest absolute Gasteiger partial charge is 0.328 e. The molecule has 0 radical (unpaired) electrons. The van der Waals surface area contributed by atoms with Crippen molar-refractivity contribution in [3.8, 4) is 5.69 Å². The molecule has 0 amide bonds. The molecule has 92 valence electrons. The molecule has 3 nitrogen and oxygen atoms in total. The summed E-state index contributed by atoms with van der Waals surface area (Å²) in [6.45, 7) is 0. The fraction of sp³-hybridized carbons (Fsp3) is 0. The molecule has 2 aromatic rings. The first kappa shape index (κ1) is 12.7. The number of nitrogens with zero attached hydrogens (tertiary/aromatic N) is 1. The van der Waals surface area contributed by atoms with Crippen LogP contribution in [0.3, 0.4) is 0 Å². The first-order chi connectivity index (χ1) is 8.56. The zero-order valence-corrected chi connectivity index (χ0v) is 10.7. The van der Waals surface area contributed by atoms with Crippen molar-refractivity contribution in [2.45, 2.75) is 0 Å². The number of rotatable bonds is 3. The van der Waals surface area contributed by atoms with Gasteiger partial charge in [0.1, 0.15) is 0 Å². The van der Waals surface area contributed by atoms with Crippen LogP contribution in [0, 0.1) is 0 Å². The van der Waals surface area contributed by atoms with E-state index < -0.39 is 5.97 Å². The zero-order chi connectivity index (χ0) is 13.1. The van der Waals surface area contributed by atoms with Crippen molar-refractivity contribution in [2.24, 2.45) is 0 Å². The summed E-state index contributed by atoms with van der Waals surface area (Å²) in [6.07, 6.45) is 4.40. The first-order valence-corrected chi connectivity index (χ1v) is 5.87. The highest BCUT2D eigenvalue weighted by Gasteiger charge is 2.03. The second-order valence-corrected chi connectivity index (χ2v) is 4.48. The molecule has 0 aliphatic heterocycles. The molecule has 0 unspecified atom stereocenters. The van der Waals surface area contributed by atoms with Crippen LogP contribution in [0.2, 0.25) is 10.0 Å². The maximum Gasteiger partial charge on any atom is 0.328 e. The number of benzene rings is 1. The summed E-state index contributed by atoms with van der Waals surface area (Å²) in [5.41, 5.74) is 1.51.